The molecule has 8 nitrogen and oxygen atoms in total. The molecule has 4 unspecified atom stereocenters. The van der Waals surface area contributed by atoms with E-state index in [1.807, 2.05) is 18.2 Å². The van der Waals surface area contributed by atoms with E-state index in [0.29, 0.717) is 35.4 Å². The van der Waals surface area contributed by atoms with E-state index in [4.69, 9.17) is 4.99 Å². The van der Waals surface area contributed by atoms with Gasteiger partial charge in [-0.3, -0.25) is 14.4 Å². The van der Waals surface area contributed by atoms with E-state index in [9.17, 15) is 14.7 Å². The molecule has 2 amide bonds. The Hall–Kier alpha value is -3.24. The minimum atomic E-state index is -0.298. The molecule has 2 aliphatic heterocycles. The molecule has 2 N–H and O–H groups in total. The van der Waals surface area contributed by atoms with Gasteiger partial charge in [-0.15, -0.1) is 0 Å². The molecule has 1 aromatic carbocycles. The number of carbonyl (C=O) groups excluding carboxylic acids is 3. The smallest absolute Gasteiger partial charge is 0.246 e. The summed E-state index contributed by atoms with van der Waals surface area (Å²) in [5, 5.41) is 15.7. The summed E-state index contributed by atoms with van der Waals surface area (Å²) in [5.74, 6) is 6.26. The molecule has 0 spiro atoms. The SMILES string of the molecule is CCCCC(CC)CSCCCCCCCCCCC(=O)N=C1C=C2C(=C/C1=C1/C(=O)C(c3cc4c(cc3NC(=O)CCCCCCCCCCSCC(CC)CCCC)N(C(C)C)C(C)C4(C)C)=C1O)C(C)(C)C(C)N2C(C)C. The Balaban J connectivity index is 1.28. The van der Waals surface area contributed by atoms with Gasteiger partial charge in [-0.2, -0.15) is 23.5 Å². The Morgan fingerprint density at radius 3 is 1.61 bits per heavy atom. The van der Waals surface area contributed by atoms with Gasteiger partial charge in [-0.05, 0) is 150 Å². The summed E-state index contributed by atoms with van der Waals surface area (Å²) in [6.45, 7) is 31.5. The highest BCUT2D eigenvalue weighted by atomic mass is 32.2. The lowest BCUT2D eigenvalue weighted by atomic mass is 9.73. The molecule has 1 aromatic rings. The molecule has 4 aliphatic rings. The third kappa shape index (κ3) is 17.9. The van der Waals surface area contributed by atoms with Crippen LogP contribution in [0.25, 0.3) is 5.57 Å². The molecule has 0 radical (unpaired) electrons. The first-order valence-electron chi connectivity index (χ1n) is 32.8. The fourth-order valence-electron chi connectivity index (χ4n) is 12.9. The van der Waals surface area contributed by atoms with Crippen molar-refractivity contribution in [3.05, 3.63) is 63.6 Å². The zero-order chi connectivity index (χ0) is 58.6. The highest BCUT2D eigenvalue weighted by Gasteiger charge is 2.49. The standard InChI is InChI=1S/C70H114N4O4S2/c1-15-19-37-53(17-3)47-79-41-35-31-27-23-21-25-29-33-39-63(75)71-59-45-61-57(69(11,12)51(9)73(61)49(5)6)43-55(59)65-67(77)66(68(65)78)56-44-58-62(74(50(7)8)52(10)70(58,13)14)46-60(56)72-64(76)40-34-30-26-22-24-28-32-36-42-80-48-54(18-4)38-20-16-2/h43-46,49-54,77H,15-42,47-48H2,1-14H3,(H,71,75)/b66-56-,72-60?. The van der Waals surface area contributed by atoms with Crippen molar-refractivity contribution in [2.75, 3.05) is 33.2 Å². The van der Waals surface area contributed by atoms with Crippen molar-refractivity contribution in [3.8, 4) is 0 Å². The fraction of sp³-hybridized carbons (Fsp3) is 0.743. The number of aliphatic hydroxyl groups is 1. The van der Waals surface area contributed by atoms with Crippen LogP contribution in [0.2, 0.25) is 0 Å². The zero-order valence-corrected chi connectivity index (χ0v) is 54.9. The summed E-state index contributed by atoms with van der Waals surface area (Å²) in [4.78, 5) is 52.5. The summed E-state index contributed by atoms with van der Waals surface area (Å²) in [7, 11) is 0. The minimum Gasteiger partial charge on any atom is -0.506 e. The lowest BCUT2D eigenvalue weighted by Gasteiger charge is -2.34. The number of thioether (sulfide) groups is 2. The summed E-state index contributed by atoms with van der Waals surface area (Å²) in [5.41, 5.74) is 6.11. The molecule has 0 bridgehead atoms. The van der Waals surface area contributed by atoms with Gasteiger partial charge in [0.25, 0.3) is 0 Å². The Morgan fingerprint density at radius 2 is 1.12 bits per heavy atom. The number of anilines is 2. The second-order valence-corrected chi connectivity index (χ2v) is 28.5. The molecular formula is C70H114N4O4S2. The van der Waals surface area contributed by atoms with Crippen molar-refractivity contribution in [2.45, 2.75) is 293 Å². The fourth-order valence-corrected chi connectivity index (χ4v) is 15.6. The summed E-state index contributed by atoms with van der Waals surface area (Å²) < 4.78 is 0. The first-order chi connectivity index (χ1) is 38.3. The number of rotatable bonds is 38. The number of nitrogens with zero attached hydrogens (tertiary/aromatic N) is 3. The average Bonchev–Trinajstić information content (AvgIpc) is 3.73. The lowest BCUT2D eigenvalue weighted by Crippen LogP contribution is -2.42. The number of carbonyl (C=O) groups is 3. The molecule has 2 aliphatic carbocycles. The Bertz CT molecular complexity index is 2340. The van der Waals surface area contributed by atoms with E-state index in [-0.39, 0.29) is 69.5 Å². The normalized spacial score (nSPS) is 20.6. The van der Waals surface area contributed by atoms with Gasteiger partial charge in [-0.1, -0.05) is 171 Å². The number of likely N-dealkylation sites (tertiary alicyclic amines) is 1. The molecule has 5 rings (SSSR count). The highest BCUT2D eigenvalue weighted by Crippen LogP contribution is 2.54. The number of benzene rings is 1. The van der Waals surface area contributed by atoms with Gasteiger partial charge in [0.15, 0.2) is 0 Å². The summed E-state index contributed by atoms with van der Waals surface area (Å²) in [6.07, 6.45) is 33.9. The van der Waals surface area contributed by atoms with Crippen LogP contribution in [0.4, 0.5) is 11.4 Å². The molecule has 2 heterocycles. The maximum atomic E-state index is 15.0. The van der Waals surface area contributed by atoms with Crippen LogP contribution >= 0.6 is 23.5 Å². The van der Waals surface area contributed by atoms with E-state index in [1.54, 1.807) is 0 Å². The number of unbranched alkanes of at least 4 members (excludes halogenated alkanes) is 16. The van der Waals surface area contributed by atoms with E-state index in [2.05, 4.69) is 142 Å². The van der Waals surface area contributed by atoms with Gasteiger partial charge >= 0.3 is 0 Å². The van der Waals surface area contributed by atoms with Gasteiger partial charge in [0, 0.05) is 70.4 Å². The highest BCUT2D eigenvalue weighted by molar-refractivity contribution is 7.99. The van der Waals surface area contributed by atoms with Gasteiger partial charge in [0.05, 0.1) is 22.5 Å². The van der Waals surface area contributed by atoms with Crippen LogP contribution in [0.15, 0.2) is 57.5 Å². The third-order valence-electron chi connectivity index (χ3n) is 18.9. The molecule has 0 aromatic heterocycles. The Kier molecular flexibility index (Phi) is 28.1. The number of nitrogens with one attached hydrogen (secondary N) is 1. The first kappa shape index (κ1) is 67.5. The van der Waals surface area contributed by atoms with Crippen LogP contribution in [0.1, 0.15) is 275 Å². The summed E-state index contributed by atoms with van der Waals surface area (Å²) >= 11 is 4.30. The molecule has 80 heavy (non-hydrogen) atoms. The number of aliphatic hydroxyl groups excluding tert-OH is 1. The topological polar surface area (TPSA) is 102 Å². The molecule has 450 valence electrons. The molecule has 4 atom stereocenters. The molecule has 1 fully saturated rings. The van der Waals surface area contributed by atoms with Crippen molar-refractivity contribution < 1.29 is 19.5 Å². The first-order valence-corrected chi connectivity index (χ1v) is 35.1. The third-order valence-corrected chi connectivity index (χ3v) is 21.5. The number of hydrogen-bond donors (Lipinski definition) is 2. The van der Waals surface area contributed by atoms with Crippen molar-refractivity contribution in [1.29, 1.82) is 0 Å². The van der Waals surface area contributed by atoms with Crippen molar-refractivity contribution in [2.24, 2.45) is 22.2 Å². The maximum absolute atomic E-state index is 15.0. The second-order valence-electron chi connectivity index (χ2n) is 26.2. The number of fused-ring (bicyclic) bond motifs is 2. The maximum Gasteiger partial charge on any atom is 0.246 e. The largest absolute Gasteiger partial charge is 0.506 e. The molecular weight excluding hydrogens is 1020 g/mol. The minimum absolute atomic E-state index is 0.0798. The number of allylic oxidation sites excluding steroid dienone is 6. The lowest BCUT2D eigenvalue weighted by molar-refractivity contribution is -0.118. The van der Waals surface area contributed by atoms with Gasteiger partial charge in [0.2, 0.25) is 17.6 Å². The van der Waals surface area contributed by atoms with Gasteiger partial charge in [0.1, 0.15) is 5.76 Å². The molecule has 10 heteroatoms. The van der Waals surface area contributed by atoms with Crippen molar-refractivity contribution in [1.82, 2.24) is 4.90 Å². The monoisotopic (exact) mass is 1140 g/mol. The van der Waals surface area contributed by atoms with Gasteiger partial charge < -0.3 is 20.2 Å². The van der Waals surface area contributed by atoms with Crippen LogP contribution in [-0.4, -0.2) is 80.5 Å². The second kappa shape index (κ2) is 33.3. The summed E-state index contributed by atoms with van der Waals surface area (Å²) in [6, 6.07) is 4.83. The van der Waals surface area contributed by atoms with Crippen LogP contribution in [0, 0.1) is 17.3 Å². The van der Waals surface area contributed by atoms with Crippen LogP contribution in [0.3, 0.4) is 0 Å². The van der Waals surface area contributed by atoms with E-state index >= 15 is 4.79 Å². The van der Waals surface area contributed by atoms with Crippen LogP contribution < -0.4 is 10.2 Å². The predicted molar refractivity (Wildman–Crippen MR) is 350 cm³/mol. The number of hydrogen-bond acceptors (Lipinski definition) is 8. The van der Waals surface area contributed by atoms with E-state index < -0.39 is 0 Å². The van der Waals surface area contributed by atoms with Gasteiger partial charge in [-0.25, -0.2) is 4.99 Å². The van der Waals surface area contributed by atoms with Crippen molar-refractivity contribution in [3.63, 3.8) is 0 Å². The number of ketones is 1. The number of amides is 2. The predicted octanol–water partition coefficient (Wildman–Crippen LogP) is 19.5. The number of aliphatic imine (C=N–C) groups is 1. The molecule has 0 saturated carbocycles. The number of Topliss-reactive ketones (excluding diaryl/α,β-unsaturated/α-hetero) is 1. The van der Waals surface area contributed by atoms with Crippen molar-refractivity contribution >= 4 is 63.8 Å². The van der Waals surface area contributed by atoms with E-state index in [0.717, 1.165) is 72.9 Å². The quantitative estimate of drug-likeness (QED) is 0.0499. The Labute approximate surface area is 497 Å². The van der Waals surface area contributed by atoms with Crippen LogP contribution in [0.5, 0.6) is 0 Å². The molecule has 1 saturated heterocycles. The van der Waals surface area contributed by atoms with E-state index in [1.165, 1.54) is 139 Å². The zero-order valence-electron chi connectivity index (χ0n) is 53.3. The average molecular weight is 1140 g/mol. The Morgan fingerprint density at radius 1 is 0.637 bits per heavy atom. The van der Waals surface area contributed by atoms with Crippen LogP contribution in [-0.2, 0) is 19.8 Å².